The van der Waals surface area contributed by atoms with Crippen LogP contribution in [0, 0.1) is 0 Å². The normalized spacial score (nSPS) is 12.1. The highest BCUT2D eigenvalue weighted by molar-refractivity contribution is 5.77. The lowest BCUT2D eigenvalue weighted by molar-refractivity contribution is -0.157. The van der Waals surface area contributed by atoms with E-state index in [1.165, 1.54) is 0 Å². The fraction of sp³-hybridized carbons (Fsp3) is 0.917. The van der Waals surface area contributed by atoms with Gasteiger partial charge in [-0.3, -0.25) is 19.2 Å². The average Bonchev–Trinajstić information content (AvgIpc) is 3.30. The van der Waals surface area contributed by atoms with Crippen molar-refractivity contribution in [1.82, 2.24) is 5.32 Å². The molecule has 0 unspecified atom stereocenters. The fourth-order valence-electron chi connectivity index (χ4n) is 5.42. The molecule has 0 saturated carbocycles. The number of nitrogens with two attached hydrogens (primary N) is 1. The molecule has 0 saturated heterocycles. The number of hydrogen-bond acceptors (Lipinski definition) is 22. The van der Waals surface area contributed by atoms with Crippen molar-refractivity contribution in [2.75, 3.05) is 205 Å². The predicted molar refractivity (Wildman–Crippen MR) is 260 cm³/mol. The highest BCUT2D eigenvalue weighted by Crippen LogP contribution is 2.14. The molecule has 0 bridgehead atoms. The summed E-state index contributed by atoms with van der Waals surface area (Å²) in [5.41, 5.74) is 2.69. The topological polar surface area (TPSA) is 283 Å². The van der Waals surface area contributed by atoms with Gasteiger partial charge in [0.2, 0.25) is 5.91 Å². The summed E-state index contributed by atoms with van der Waals surface area (Å²) >= 11 is 0. The number of amides is 1. The van der Waals surface area contributed by atoms with Crippen molar-refractivity contribution >= 4 is 23.8 Å². The largest absolute Gasteiger partial charge is 0.481 e. The Morgan fingerprint density at radius 1 is 0.347 bits per heavy atom. The Hall–Kier alpha value is -2.76. The molecule has 0 heterocycles. The number of carboxylic acids is 1. The number of carbonyl (C=O) groups excluding carboxylic acids is 3. The van der Waals surface area contributed by atoms with E-state index in [0.29, 0.717) is 145 Å². The number of esters is 2. The maximum absolute atomic E-state index is 13.2. The van der Waals surface area contributed by atoms with Gasteiger partial charge in [0.25, 0.3) is 0 Å². The van der Waals surface area contributed by atoms with Crippen LogP contribution < -0.4 is 11.1 Å². The molecule has 0 aromatic heterocycles. The van der Waals surface area contributed by atoms with Gasteiger partial charge in [-0.1, -0.05) is 0 Å². The summed E-state index contributed by atoms with van der Waals surface area (Å²) in [6, 6.07) is 0. The molecule has 0 radical (unpaired) electrons. The van der Waals surface area contributed by atoms with E-state index >= 15 is 0 Å². The minimum atomic E-state index is -1.31. The van der Waals surface area contributed by atoms with Crippen LogP contribution in [0.2, 0.25) is 0 Å². The van der Waals surface area contributed by atoms with Crippen LogP contribution in [0.5, 0.6) is 0 Å². The van der Waals surface area contributed by atoms with Crippen molar-refractivity contribution in [3.63, 3.8) is 0 Å². The lowest BCUT2D eigenvalue weighted by Gasteiger charge is -2.34. The lowest BCUT2D eigenvalue weighted by atomic mass is 10.0. The van der Waals surface area contributed by atoms with E-state index in [9.17, 15) is 19.2 Å². The van der Waals surface area contributed by atoms with Crippen molar-refractivity contribution in [2.45, 2.75) is 84.0 Å². The summed E-state index contributed by atoms with van der Waals surface area (Å²) in [6.07, 6.45) is -0.405. The molecular formula is C48H92N2O22. The minimum absolute atomic E-state index is 0.0324. The summed E-state index contributed by atoms with van der Waals surface area (Å²) in [5, 5.41) is 12.0. The standard InChI is InChI=1S/C48H92N2O22/c1-46(2,3)71-44(54)9-14-69-40-48(39-68-13-8-43(52)53,41-70-15-10-45(55)72-47(4,5)6)50-42(51)7-12-56-17-19-58-21-23-60-25-27-62-29-31-64-33-35-66-37-38-67-36-34-65-32-30-63-28-26-61-24-22-59-20-18-57-16-11-49/h7-41,49H2,1-6H3,(H,50,51)(H,52,53). The number of carboxylic acid groups (broad SMARTS) is 1. The first kappa shape index (κ1) is 69.2. The van der Waals surface area contributed by atoms with Crippen LogP contribution in [0.1, 0.15) is 67.2 Å². The molecule has 0 aromatic carbocycles. The molecule has 0 rings (SSSR count). The average molecular weight is 1050 g/mol. The van der Waals surface area contributed by atoms with Crippen LogP contribution >= 0.6 is 0 Å². The van der Waals surface area contributed by atoms with Crippen LogP contribution in [0.15, 0.2) is 0 Å². The third kappa shape index (κ3) is 52.1. The molecule has 0 aliphatic rings. The van der Waals surface area contributed by atoms with Crippen molar-refractivity contribution in [1.29, 1.82) is 0 Å². The zero-order valence-corrected chi connectivity index (χ0v) is 44.3. The van der Waals surface area contributed by atoms with Crippen molar-refractivity contribution in [2.24, 2.45) is 5.73 Å². The van der Waals surface area contributed by atoms with E-state index in [-0.39, 0.29) is 85.1 Å². The molecule has 426 valence electrons. The number of aliphatic carboxylic acids is 1. The van der Waals surface area contributed by atoms with Gasteiger partial charge in [-0.15, -0.1) is 0 Å². The zero-order valence-electron chi connectivity index (χ0n) is 44.3. The van der Waals surface area contributed by atoms with Gasteiger partial charge in [-0.25, -0.2) is 0 Å². The first-order chi connectivity index (χ1) is 34.6. The molecule has 0 atom stereocenters. The second-order valence-corrected chi connectivity index (χ2v) is 17.7. The SMILES string of the molecule is CC(C)(C)OC(=O)CCOCC(COCCC(=O)O)(COCCC(=O)OC(C)(C)C)NC(=O)CCOCCOCCOCCOCCOCCOCCOCCOCCOCCOCCOCCOCCN. The number of nitrogens with one attached hydrogen (secondary N) is 1. The van der Waals surface area contributed by atoms with E-state index in [4.69, 9.17) is 91.4 Å². The van der Waals surface area contributed by atoms with E-state index in [0.717, 1.165) is 0 Å². The Morgan fingerprint density at radius 3 is 0.833 bits per heavy atom. The Kier molecular flexibility index (Phi) is 46.1. The Bertz CT molecular complexity index is 1250. The first-order valence-corrected chi connectivity index (χ1v) is 24.9. The van der Waals surface area contributed by atoms with Gasteiger partial charge in [0, 0.05) is 13.0 Å². The van der Waals surface area contributed by atoms with E-state index < -0.39 is 40.6 Å². The molecule has 24 heteroatoms. The van der Waals surface area contributed by atoms with Crippen LogP contribution in [-0.4, -0.2) is 250 Å². The van der Waals surface area contributed by atoms with Crippen LogP contribution in [0.4, 0.5) is 0 Å². The molecule has 72 heavy (non-hydrogen) atoms. The Balaban J connectivity index is 4.07. The maximum Gasteiger partial charge on any atom is 0.308 e. The predicted octanol–water partition coefficient (Wildman–Crippen LogP) is 1.38. The second-order valence-electron chi connectivity index (χ2n) is 17.7. The molecule has 1 amide bonds. The molecule has 4 N–H and O–H groups in total. The summed E-state index contributed by atoms with van der Waals surface area (Å²) in [6.45, 7) is 20.6. The molecule has 0 aliphatic carbocycles. The summed E-state index contributed by atoms with van der Waals surface area (Å²) in [7, 11) is 0. The molecule has 0 fully saturated rings. The minimum Gasteiger partial charge on any atom is -0.481 e. The quantitative estimate of drug-likeness (QED) is 0.0573. The molecular weight excluding hydrogens is 957 g/mol. The molecule has 0 aromatic rings. The highest BCUT2D eigenvalue weighted by atomic mass is 16.6. The number of rotatable bonds is 54. The van der Waals surface area contributed by atoms with Gasteiger partial charge >= 0.3 is 17.9 Å². The zero-order chi connectivity index (χ0) is 53.3. The number of ether oxygens (including phenoxy) is 17. The van der Waals surface area contributed by atoms with Crippen LogP contribution in [0.25, 0.3) is 0 Å². The third-order valence-corrected chi connectivity index (χ3v) is 8.57. The van der Waals surface area contributed by atoms with Crippen LogP contribution in [0.3, 0.4) is 0 Å². The smallest absolute Gasteiger partial charge is 0.308 e. The van der Waals surface area contributed by atoms with E-state index in [1.807, 2.05) is 0 Å². The molecule has 0 aliphatic heterocycles. The highest BCUT2D eigenvalue weighted by Gasteiger charge is 2.34. The number of hydrogen-bond donors (Lipinski definition) is 3. The summed E-state index contributed by atoms with van der Waals surface area (Å²) in [4.78, 5) is 48.8. The Morgan fingerprint density at radius 2 is 0.583 bits per heavy atom. The van der Waals surface area contributed by atoms with Gasteiger partial charge in [0.05, 0.1) is 217 Å². The monoisotopic (exact) mass is 1050 g/mol. The summed E-state index contributed by atoms with van der Waals surface area (Å²) in [5.74, 6) is -2.40. The number of carbonyl (C=O) groups is 4. The Labute approximate surface area is 427 Å². The van der Waals surface area contributed by atoms with Crippen LogP contribution in [-0.2, 0) is 99.7 Å². The maximum atomic E-state index is 13.2. The fourth-order valence-corrected chi connectivity index (χ4v) is 5.42. The van der Waals surface area contributed by atoms with Crippen molar-refractivity contribution in [3.05, 3.63) is 0 Å². The van der Waals surface area contributed by atoms with Gasteiger partial charge in [-0.05, 0) is 41.5 Å². The lowest BCUT2D eigenvalue weighted by Crippen LogP contribution is -2.59. The van der Waals surface area contributed by atoms with Gasteiger partial charge in [-0.2, -0.15) is 0 Å². The second kappa shape index (κ2) is 47.9. The first-order valence-electron chi connectivity index (χ1n) is 24.9. The van der Waals surface area contributed by atoms with Crippen molar-refractivity contribution in [3.8, 4) is 0 Å². The molecule has 24 nitrogen and oxygen atoms in total. The third-order valence-electron chi connectivity index (χ3n) is 8.57. The summed E-state index contributed by atoms with van der Waals surface area (Å²) < 4.78 is 93.6. The van der Waals surface area contributed by atoms with Gasteiger partial charge in [0.1, 0.15) is 16.7 Å². The van der Waals surface area contributed by atoms with Gasteiger partial charge < -0.3 is 96.7 Å². The molecule has 0 spiro atoms. The van der Waals surface area contributed by atoms with Crippen molar-refractivity contribution < 1.29 is 105 Å². The van der Waals surface area contributed by atoms with Gasteiger partial charge in [0.15, 0.2) is 0 Å². The van der Waals surface area contributed by atoms with E-state index in [1.54, 1.807) is 41.5 Å². The van der Waals surface area contributed by atoms with E-state index in [2.05, 4.69) is 5.32 Å².